The number of aromatic nitrogens is 4. The number of fused-ring (bicyclic) bond motifs is 6. The quantitative estimate of drug-likeness (QED) is 0.172. The van der Waals surface area contributed by atoms with Crippen molar-refractivity contribution < 1.29 is 0 Å². The molecular formula is C48H30N4. The maximum Gasteiger partial charge on any atom is 0.160 e. The van der Waals surface area contributed by atoms with E-state index in [1.807, 2.05) is 36.4 Å². The molecule has 4 heteroatoms. The molecule has 242 valence electrons. The molecule has 3 aromatic heterocycles. The summed E-state index contributed by atoms with van der Waals surface area (Å²) in [6, 6.07) is 63.2. The van der Waals surface area contributed by atoms with Gasteiger partial charge in [-0.1, -0.05) is 146 Å². The van der Waals surface area contributed by atoms with E-state index in [1.165, 1.54) is 5.39 Å². The molecule has 0 aliphatic rings. The van der Waals surface area contributed by atoms with Crippen LogP contribution in [-0.4, -0.2) is 19.9 Å². The van der Waals surface area contributed by atoms with Gasteiger partial charge >= 0.3 is 0 Å². The van der Waals surface area contributed by atoms with Crippen molar-refractivity contribution in [3.8, 4) is 56.3 Å². The van der Waals surface area contributed by atoms with Crippen LogP contribution in [0.3, 0.4) is 0 Å². The first kappa shape index (κ1) is 29.8. The Bertz CT molecular complexity index is 2940. The molecule has 0 saturated heterocycles. The average Bonchev–Trinajstić information content (AvgIpc) is 3.23. The Kier molecular flexibility index (Phi) is 7.10. The summed E-state index contributed by atoms with van der Waals surface area (Å²) in [4.78, 5) is 20.5. The second-order valence-electron chi connectivity index (χ2n) is 13.0. The van der Waals surface area contributed by atoms with Gasteiger partial charge in [0.15, 0.2) is 5.82 Å². The number of rotatable bonds is 5. The molecule has 3 heterocycles. The van der Waals surface area contributed by atoms with Crippen LogP contribution < -0.4 is 0 Å². The lowest BCUT2D eigenvalue weighted by atomic mass is 9.95. The van der Waals surface area contributed by atoms with Crippen molar-refractivity contribution in [1.29, 1.82) is 0 Å². The summed E-state index contributed by atoms with van der Waals surface area (Å²) in [6.45, 7) is 0. The molecule has 52 heavy (non-hydrogen) atoms. The van der Waals surface area contributed by atoms with E-state index in [4.69, 9.17) is 19.9 Å². The number of hydrogen-bond donors (Lipinski definition) is 0. The van der Waals surface area contributed by atoms with Crippen LogP contribution in [0.15, 0.2) is 182 Å². The molecule has 4 nitrogen and oxygen atoms in total. The maximum absolute atomic E-state index is 5.27. The zero-order valence-corrected chi connectivity index (χ0v) is 28.1. The second-order valence-corrected chi connectivity index (χ2v) is 13.0. The van der Waals surface area contributed by atoms with Crippen molar-refractivity contribution >= 4 is 43.5 Å². The molecule has 10 rings (SSSR count). The highest BCUT2D eigenvalue weighted by Crippen LogP contribution is 2.38. The van der Waals surface area contributed by atoms with Crippen LogP contribution in [0.4, 0.5) is 0 Å². The van der Waals surface area contributed by atoms with E-state index in [1.54, 1.807) is 0 Å². The van der Waals surface area contributed by atoms with Crippen LogP contribution in [0.5, 0.6) is 0 Å². The van der Waals surface area contributed by atoms with Gasteiger partial charge in [-0.15, -0.1) is 0 Å². The van der Waals surface area contributed by atoms with Gasteiger partial charge in [-0.05, 0) is 52.9 Å². The van der Waals surface area contributed by atoms with E-state index in [9.17, 15) is 0 Å². The molecule has 0 spiro atoms. The fourth-order valence-electron chi connectivity index (χ4n) is 7.32. The van der Waals surface area contributed by atoms with Crippen LogP contribution in [-0.2, 0) is 0 Å². The van der Waals surface area contributed by atoms with Crippen molar-refractivity contribution in [3.05, 3.63) is 182 Å². The molecular weight excluding hydrogens is 633 g/mol. The standard InChI is InChI=1S/C48H30N4/c1-3-12-32(13-4-1)41-28-27-39-44(49-41)29-26-38-37-18-7-9-20-42(37)50-47(45(38)39)34-24-22-31(23-25-34)35-16-11-17-36(30-35)48-51-43-21-10-8-19-40(43)46(52-48)33-14-5-2-6-15-33/h1-30H. The summed E-state index contributed by atoms with van der Waals surface area (Å²) >= 11 is 0. The van der Waals surface area contributed by atoms with E-state index in [0.717, 1.165) is 88.6 Å². The lowest BCUT2D eigenvalue weighted by Crippen LogP contribution is -1.95. The summed E-state index contributed by atoms with van der Waals surface area (Å²) in [6.07, 6.45) is 0. The first-order valence-electron chi connectivity index (χ1n) is 17.5. The normalized spacial score (nSPS) is 11.5. The SMILES string of the molecule is c1ccc(-c2ccc3c(ccc4c5ccccc5nc(-c5ccc(-c6cccc(-c7nc(-c8ccccc8)c8ccccc8n7)c6)cc5)c34)n2)cc1. The van der Waals surface area contributed by atoms with Crippen molar-refractivity contribution in [2.24, 2.45) is 0 Å². The first-order valence-corrected chi connectivity index (χ1v) is 17.5. The topological polar surface area (TPSA) is 51.6 Å². The van der Waals surface area contributed by atoms with E-state index in [0.29, 0.717) is 5.82 Å². The van der Waals surface area contributed by atoms with Crippen molar-refractivity contribution in [1.82, 2.24) is 19.9 Å². The fourth-order valence-corrected chi connectivity index (χ4v) is 7.32. The van der Waals surface area contributed by atoms with Gasteiger partial charge in [-0.2, -0.15) is 0 Å². The number of hydrogen-bond acceptors (Lipinski definition) is 4. The number of pyridine rings is 2. The van der Waals surface area contributed by atoms with Crippen LogP contribution in [0, 0.1) is 0 Å². The van der Waals surface area contributed by atoms with Crippen molar-refractivity contribution in [2.75, 3.05) is 0 Å². The van der Waals surface area contributed by atoms with Gasteiger partial charge in [0, 0.05) is 43.8 Å². The smallest absolute Gasteiger partial charge is 0.160 e. The Morgan fingerprint density at radius 2 is 0.846 bits per heavy atom. The molecule has 0 fully saturated rings. The van der Waals surface area contributed by atoms with E-state index < -0.39 is 0 Å². The van der Waals surface area contributed by atoms with Gasteiger partial charge in [0.25, 0.3) is 0 Å². The van der Waals surface area contributed by atoms with Gasteiger partial charge < -0.3 is 0 Å². The lowest BCUT2D eigenvalue weighted by Gasteiger charge is -2.14. The molecule has 0 atom stereocenters. The Balaban J connectivity index is 1.07. The Labute approximate surface area is 300 Å². The van der Waals surface area contributed by atoms with E-state index >= 15 is 0 Å². The van der Waals surface area contributed by atoms with Gasteiger partial charge in [-0.3, -0.25) is 0 Å². The van der Waals surface area contributed by atoms with Crippen LogP contribution >= 0.6 is 0 Å². The maximum atomic E-state index is 5.27. The van der Waals surface area contributed by atoms with Crippen LogP contribution in [0.2, 0.25) is 0 Å². The third kappa shape index (κ3) is 5.17. The Hall–Kier alpha value is -7.04. The highest BCUT2D eigenvalue weighted by Gasteiger charge is 2.16. The molecule has 7 aromatic carbocycles. The average molecular weight is 663 g/mol. The number of para-hydroxylation sites is 2. The van der Waals surface area contributed by atoms with Gasteiger partial charge in [-0.25, -0.2) is 19.9 Å². The van der Waals surface area contributed by atoms with Crippen molar-refractivity contribution in [2.45, 2.75) is 0 Å². The number of benzene rings is 7. The predicted octanol–water partition coefficient (Wildman–Crippen LogP) is 12.2. The highest BCUT2D eigenvalue weighted by atomic mass is 14.9. The minimum atomic E-state index is 0.707. The van der Waals surface area contributed by atoms with Gasteiger partial charge in [0.2, 0.25) is 0 Å². The van der Waals surface area contributed by atoms with Crippen LogP contribution in [0.25, 0.3) is 99.8 Å². The zero-order valence-electron chi connectivity index (χ0n) is 28.1. The second kappa shape index (κ2) is 12.4. The van der Waals surface area contributed by atoms with Gasteiger partial charge in [0.1, 0.15) is 0 Å². The molecule has 0 unspecified atom stereocenters. The summed E-state index contributed by atoms with van der Waals surface area (Å²) in [7, 11) is 0. The van der Waals surface area contributed by atoms with E-state index in [2.05, 4.69) is 146 Å². The first-order chi connectivity index (χ1) is 25.8. The summed E-state index contributed by atoms with van der Waals surface area (Å²) in [5, 5.41) is 5.55. The van der Waals surface area contributed by atoms with Gasteiger partial charge in [0.05, 0.1) is 33.6 Å². The third-order valence-electron chi connectivity index (χ3n) is 9.87. The zero-order chi connectivity index (χ0) is 34.4. The minimum Gasteiger partial charge on any atom is -0.248 e. The summed E-state index contributed by atoms with van der Waals surface area (Å²) < 4.78 is 0. The van der Waals surface area contributed by atoms with Crippen LogP contribution in [0.1, 0.15) is 0 Å². The molecule has 0 radical (unpaired) electrons. The largest absolute Gasteiger partial charge is 0.248 e. The molecule has 0 N–H and O–H groups in total. The number of nitrogens with zero attached hydrogens (tertiary/aromatic N) is 4. The highest BCUT2D eigenvalue weighted by molar-refractivity contribution is 6.20. The summed E-state index contributed by atoms with van der Waals surface area (Å²) in [5.41, 5.74) is 12.1. The summed E-state index contributed by atoms with van der Waals surface area (Å²) in [5.74, 6) is 0.707. The Morgan fingerprint density at radius 3 is 1.63 bits per heavy atom. The lowest BCUT2D eigenvalue weighted by molar-refractivity contribution is 1.23. The molecule has 10 aromatic rings. The monoisotopic (exact) mass is 662 g/mol. The molecule has 0 saturated carbocycles. The molecule has 0 bridgehead atoms. The third-order valence-corrected chi connectivity index (χ3v) is 9.87. The van der Waals surface area contributed by atoms with E-state index in [-0.39, 0.29) is 0 Å². The molecule has 0 amide bonds. The molecule has 0 aliphatic carbocycles. The molecule has 0 aliphatic heterocycles. The fraction of sp³-hybridized carbons (Fsp3) is 0. The minimum absolute atomic E-state index is 0.707. The van der Waals surface area contributed by atoms with Crippen molar-refractivity contribution in [3.63, 3.8) is 0 Å². The predicted molar refractivity (Wildman–Crippen MR) is 215 cm³/mol. The Morgan fingerprint density at radius 1 is 0.269 bits per heavy atom.